The lowest BCUT2D eigenvalue weighted by Gasteiger charge is -2.19. The summed E-state index contributed by atoms with van der Waals surface area (Å²) in [5.41, 5.74) is 1.72. The summed E-state index contributed by atoms with van der Waals surface area (Å²) in [6.45, 7) is 4.04. The van der Waals surface area contributed by atoms with Crippen LogP contribution in [0.1, 0.15) is 31.7 Å². The summed E-state index contributed by atoms with van der Waals surface area (Å²) in [6.07, 6.45) is 2.87. The molecule has 2 aromatic rings. The van der Waals surface area contributed by atoms with Crippen molar-refractivity contribution in [2.75, 3.05) is 0 Å². The maximum absolute atomic E-state index is 13.3. The number of rotatable bonds is 6. The molecule has 142 valence electrons. The number of thioether (sulfide) groups is 1. The van der Waals surface area contributed by atoms with Gasteiger partial charge >= 0.3 is 0 Å². The van der Waals surface area contributed by atoms with Crippen molar-refractivity contribution in [1.29, 1.82) is 0 Å². The van der Waals surface area contributed by atoms with Gasteiger partial charge in [0.15, 0.2) is 5.17 Å². The third-order valence-corrected chi connectivity index (χ3v) is 8.05. The standard InChI is InChI=1S/C20H22N2O2S3/c1-3-4-10-18-19(25)22(20(26-18)21-16-8-6-5-7-9-16)27(23,24)17-13-11-15(2)12-14-17/h5-9,11-14,18H,3-4,10H2,1-2H3. The van der Waals surface area contributed by atoms with Gasteiger partial charge in [0.2, 0.25) is 0 Å². The quantitative estimate of drug-likeness (QED) is 0.597. The fraction of sp³-hybridized carbons (Fsp3) is 0.300. The van der Waals surface area contributed by atoms with Crippen molar-refractivity contribution in [2.24, 2.45) is 4.99 Å². The lowest BCUT2D eigenvalue weighted by Crippen LogP contribution is -2.36. The number of benzene rings is 2. The molecule has 0 radical (unpaired) electrons. The third-order valence-electron chi connectivity index (χ3n) is 4.26. The molecule has 27 heavy (non-hydrogen) atoms. The SMILES string of the molecule is CCCCC1SC(=Nc2ccccc2)N(S(=O)(=O)c2ccc(C)cc2)C1=S. The average Bonchev–Trinajstić information content (AvgIpc) is 2.97. The molecule has 3 rings (SSSR count). The first-order chi connectivity index (χ1) is 12.9. The van der Waals surface area contributed by atoms with Gasteiger partial charge in [0, 0.05) is 0 Å². The third kappa shape index (κ3) is 4.42. The first-order valence-corrected chi connectivity index (χ1v) is 11.6. The number of amidine groups is 1. The molecule has 1 atom stereocenters. The summed E-state index contributed by atoms with van der Waals surface area (Å²) in [5.74, 6) is 0. The van der Waals surface area contributed by atoms with E-state index in [1.165, 1.54) is 16.1 Å². The molecule has 2 aromatic carbocycles. The van der Waals surface area contributed by atoms with Crippen molar-refractivity contribution in [1.82, 2.24) is 4.31 Å². The Labute approximate surface area is 170 Å². The van der Waals surface area contributed by atoms with Crippen molar-refractivity contribution in [2.45, 2.75) is 43.3 Å². The summed E-state index contributed by atoms with van der Waals surface area (Å²) < 4.78 is 27.9. The van der Waals surface area contributed by atoms with Crippen molar-refractivity contribution >= 4 is 49.8 Å². The number of aliphatic imine (C=N–C) groups is 1. The number of hydrogen-bond acceptors (Lipinski definition) is 5. The number of nitrogens with zero attached hydrogens (tertiary/aromatic N) is 2. The van der Waals surface area contributed by atoms with Crippen LogP contribution in [-0.2, 0) is 10.0 Å². The zero-order valence-corrected chi connectivity index (χ0v) is 17.8. The number of para-hydroxylation sites is 1. The van der Waals surface area contributed by atoms with E-state index in [1.54, 1.807) is 24.3 Å². The molecule has 1 aliphatic heterocycles. The summed E-state index contributed by atoms with van der Waals surface area (Å²) in [4.78, 5) is 5.25. The van der Waals surface area contributed by atoms with E-state index in [0.717, 1.165) is 24.8 Å². The highest BCUT2D eigenvalue weighted by atomic mass is 32.2. The summed E-state index contributed by atoms with van der Waals surface area (Å²) in [5, 5.41) is 0.371. The van der Waals surface area contributed by atoms with Gasteiger partial charge in [-0.1, -0.05) is 79.6 Å². The molecule has 1 heterocycles. The Morgan fingerprint density at radius 2 is 1.78 bits per heavy atom. The van der Waals surface area contributed by atoms with Gasteiger partial charge in [0.1, 0.15) is 4.99 Å². The van der Waals surface area contributed by atoms with E-state index in [9.17, 15) is 8.42 Å². The molecule has 7 heteroatoms. The second-order valence-corrected chi connectivity index (χ2v) is 9.77. The summed E-state index contributed by atoms with van der Waals surface area (Å²) >= 11 is 7.03. The predicted octanol–water partition coefficient (Wildman–Crippen LogP) is 5.31. The van der Waals surface area contributed by atoms with E-state index in [4.69, 9.17) is 12.2 Å². The highest BCUT2D eigenvalue weighted by molar-refractivity contribution is 8.18. The fourth-order valence-electron chi connectivity index (χ4n) is 2.74. The van der Waals surface area contributed by atoms with Gasteiger partial charge in [-0.25, -0.2) is 17.7 Å². The minimum Gasteiger partial charge on any atom is -0.224 e. The minimum absolute atomic E-state index is 0.0531. The van der Waals surface area contributed by atoms with Gasteiger partial charge in [0.05, 0.1) is 15.8 Å². The van der Waals surface area contributed by atoms with Gasteiger partial charge in [0.25, 0.3) is 10.0 Å². The van der Waals surface area contributed by atoms with Crippen LogP contribution in [0.2, 0.25) is 0 Å². The largest absolute Gasteiger partial charge is 0.270 e. The molecular formula is C20H22N2O2S3. The van der Waals surface area contributed by atoms with Gasteiger partial charge < -0.3 is 0 Å². The van der Waals surface area contributed by atoms with Crippen LogP contribution in [0.3, 0.4) is 0 Å². The molecule has 0 aliphatic carbocycles. The Morgan fingerprint density at radius 1 is 1.11 bits per heavy atom. The average molecular weight is 419 g/mol. The number of aryl methyl sites for hydroxylation is 1. The van der Waals surface area contributed by atoms with E-state index >= 15 is 0 Å². The molecule has 0 N–H and O–H groups in total. The second kappa shape index (κ2) is 8.54. The number of thiocarbonyl (C=S) groups is 1. The van der Waals surface area contributed by atoms with Crippen molar-refractivity contribution in [3.05, 3.63) is 60.2 Å². The zero-order valence-electron chi connectivity index (χ0n) is 15.3. The lowest BCUT2D eigenvalue weighted by atomic mass is 10.2. The molecule has 1 unspecified atom stereocenters. The maximum atomic E-state index is 13.3. The van der Waals surface area contributed by atoms with Gasteiger partial charge in [-0.3, -0.25) is 0 Å². The molecule has 0 saturated carbocycles. The number of sulfonamides is 1. The molecule has 0 amide bonds. The topological polar surface area (TPSA) is 49.7 Å². The van der Waals surface area contributed by atoms with E-state index in [-0.39, 0.29) is 10.1 Å². The first kappa shape index (κ1) is 20.0. The molecule has 0 aromatic heterocycles. The Bertz CT molecular complexity index is 939. The maximum Gasteiger partial charge on any atom is 0.270 e. The first-order valence-electron chi connectivity index (χ1n) is 8.89. The molecular weight excluding hydrogens is 396 g/mol. The number of hydrogen-bond donors (Lipinski definition) is 0. The Hall–Kier alpha value is -1.70. The van der Waals surface area contributed by atoms with Crippen LogP contribution in [0.5, 0.6) is 0 Å². The van der Waals surface area contributed by atoms with E-state index in [2.05, 4.69) is 11.9 Å². The van der Waals surface area contributed by atoms with Crippen LogP contribution in [-0.4, -0.2) is 28.1 Å². The fourth-order valence-corrected chi connectivity index (χ4v) is 6.33. The van der Waals surface area contributed by atoms with Crippen molar-refractivity contribution < 1.29 is 8.42 Å². The van der Waals surface area contributed by atoms with Gasteiger partial charge in [-0.15, -0.1) is 0 Å². The van der Waals surface area contributed by atoms with Crippen molar-refractivity contribution in [3.8, 4) is 0 Å². The molecule has 4 nitrogen and oxygen atoms in total. The monoisotopic (exact) mass is 418 g/mol. The zero-order chi connectivity index (χ0) is 19.4. The molecule has 0 bridgehead atoms. The highest BCUT2D eigenvalue weighted by Crippen LogP contribution is 2.37. The number of unbranched alkanes of at least 4 members (excludes halogenated alkanes) is 1. The van der Waals surface area contributed by atoms with E-state index in [0.29, 0.717) is 15.8 Å². The predicted molar refractivity (Wildman–Crippen MR) is 117 cm³/mol. The van der Waals surface area contributed by atoms with Crippen LogP contribution in [0.4, 0.5) is 5.69 Å². The Kier molecular flexibility index (Phi) is 6.34. The normalized spacial score (nSPS) is 19.0. The second-order valence-electron chi connectivity index (χ2n) is 6.40. The van der Waals surface area contributed by atoms with Gasteiger partial charge in [-0.2, -0.15) is 0 Å². The smallest absolute Gasteiger partial charge is 0.224 e. The molecule has 1 saturated heterocycles. The molecule has 1 fully saturated rings. The Morgan fingerprint density at radius 3 is 2.41 bits per heavy atom. The van der Waals surface area contributed by atoms with Crippen molar-refractivity contribution in [3.63, 3.8) is 0 Å². The van der Waals surface area contributed by atoms with Gasteiger partial charge in [-0.05, 0) is 37.6 Å². The van der Waals surface area contributed by atoms with E-state index < -0.39 is 10.0 Å². The van der Waals surface area contributed by atoms with Crippen LogP contribution in [0.15, 0.2) is 64.5 Å². The molecule has 0 spiro atoms. The summed E-state index contributed by atoms with van der Waals surface area (Å²) in [7, 11) is -3.79. The summed E-state index contributed by atoms with van der Waals surface area (Å²) in [6, 6.07) is 16.2. The van der Waals surface area contributed by atoms with Crippen LogP contribution in [0, 0.1) is 6.92 Å². The lowest BCUT2D eigenvalue weighted by molar-refractivity contribution is 0.571. The molecule has 1 aliphatic rings. The van der Waals surface area contributed by atoms with Crippen LogP contribution < -0.4 is 0 Å². The minimum atomic E-state index is -3.79. The highest BCUT2D eigenvalue weighted by Gasteiger charge is 2.42. The van der Waals surface area contributed by atoms with E-state index in [1.807, 2.05) is 37.3 Å². The Balaban J connectivity index is 2.03. The van der Waals surface area contributed by atoms with Crippen LogP contribution in [0.25, 0.3) is 0 Å². The van der Waals surface area contributed by atoms with Crippen LogP contribution >= 0.6 is 24.0 Å².